The first-order valence-electron chi connectivity index (χ1n) is 7.92. The fraction of sp³-hybridized carbons (Fsp3) is 0.158. The van der Waals surface area contributed by atoms with Crippen LogP contribution in [0.2, 0.25) is 0 Å². The molecule has 26 heavy (non-hydrogen) atoms. The van der Waals surface area contributed by atoms with Crippen molar-refractivity contribution < 1.29 is 9.18 Å². The number of halogens is 2. The van der Waals surface area contributed by atoms with Crippen LogP contribution in [0.25, 0.3) is 5.03 Å². The molecule has 0 aliphatic carbocycles. The summed E-state index contributed by atoms with van der Waals surface area (Å²) in [6, 6.07) is 9.73. The smallest absolute Gasteiger partial charge is 0.307 e. The molecule has 134 valence electrons. The molecule has 2 aromatic rings. The van der Waals surface area contributed by atoms with E-state index in [4.69, 9.17) is 11.6 Å². The summed E-state index contributed by atoms with van der Waals surface area (Å²) >= 11 is 7.89. The first-order valence-corrected chi connectivity index (χ1v) is 9.29. The van der Waals surface area contributed by atoms with Gasteiger partial charge in [0.2, 0.25) is 0 Å². The number of hydrogen-bond donors (Lipinski definition) is 2. The lowest BCUT2D eigenvalue weighted by atomic mass is 10.1. The van der Waals surface area contributed by atoms with E-state index in [-0.39, 0.29) is 5.82 Å². The van der Waals surface area contributed by atoms with E-state index in [1.165, 1.54) is 18.3 Å². The Morgan fingerprint density at radius 2 is 2.04 bits per heavy atom. The highest BCUT2D eigenvalue weighted by Crippen LogP contribution is 2.38. The van der Waals surface area contributed by atoms with Crippen molar-refractivity contribution in [3.05, 3.63) is 64.5 Å². The molecule has 7 heteroatoms. The Labute approximate surface area is 160 Å². The third-order valence-electron chi connectivity index (χ3n) is 3.99. The zero-order valence-corrected chi connectivity index (χ0v) is 15.8. The van der Waals surface area contributed by atoms with Crippen LogP contribution in [-0.4, -0.2) is 18.0 Å². The summed E-state index contributed by atoms with van der Waals surface area (Å²) < 4.78 is 13.4. The van der Waals surface area contributed by atoms with Crippen LogP contribution < -0.4 is 10.7 Å². The topological polar surface area (TPSA) is 53.5 Å². The largest absolute Gasteiger partial charge is 0.339 e. The second-order valence-corrected chi connectivity index (χ2v) is 7.29. The summed E-state index contributed by atoms with van der Waals surface area (Å²) in [5, 5.41) is 7.10. The molecule has 0 saturated carbocycles. The quantitative estimate of drug-likeness (QED) is 0.552. The van der Waals surface area contributed by atoms with E-state index in [1.54, 1.807) is 17.8 Å². The highest BCUT2D eigenvalue weighted by molar-refractivity contribution is 7.99. The lowest BCUT2D eigenvalue weighted by molar-refractivity contribution is 0.252. The SMILES string of the molecule is Cc1ccc(NC(=O)N/N=C/C2=C(Cl)c3cc(F)ccc3SC2)cc1C. The molecule has 2 amide bonds. The van der Waals surface area contributed by atoms with Gasteiger partial charge in [-0.25, -0.2) is 14.6 Å². The fourth-order valence-corrected chi connectivity index (χ4v) is 3.85. The summed E-state index contributed by atoms with van der Waals surface area (Å²) in [6.07, 6.45) is 1.49. The Morgan fingerprint density at radius 1 is 1.23 bits per heavy atom. The Kier molecular flexibility index (Phi) is 5.64. The Morgan fingerprint density at radius 3 is 2.81 bits per heavy atom. The van der Waals surface area contributed by atoms with Crippen LogP contribution in [0.5, 0.6) is 0 Å². The van der Waals surface area contributed by atoms with Gasteiger partial charge in [0.1, 0.15) is 5.82 Å². The van der Waals surface area contributed by atoms with E-state index in [0.29, 0.717) is 22.0 Å². The van der Waals surface area contributed by atoms with Crippen LogP contribution in [0.15, 0.2) is 52.0 Å². The maximum absolute atomic E-state index is 13.4. The predicted octanol–water partition coefficient (Wildman–Crippen LogP) is 5.31. The molecule has 4 nitrogen and oxygen atoms in total. The summed E-state index contributed by atoms with van der Waals surface area (Å²) in [5.74, 6) is 0.258. The first-order chi connectivity index (χ1) is 12.4. The number of carbonyl (C=O) groups is 1. The molecular formula is C19H17ClFN3OS. The third kappa shape index (κ3) is 4.26. The molecule has 0 aromatic heterocycles. The molecule has 1 aliphatic rings. The molecule has 0 atom stereocenters. The number of hydrogen-bond acceptors (Lipinski definition) is 3. The van der Waals surface area contributed by atoms with E-state index in [1.807, 2.05) is 32.0 Å². The molecule has 0 saturated heterocycles. The molecule has 0 fully saturated rings. The Hall–Kier alpha value is -2.31. The molecule has 1 aliphatic heterocycles. The number of rotatable bonds is 3. The third-order valence-corrected chi connectivity index (χ3v) is 5.56. The number of urea groups is 1. The zero-order chi connectivity index (χ0) is 18.7. The fourth-order valence-electron chi connectivity index (χ4n) is 2.43. The van der Waals surface area contributed by atoms with Gasteiger partial charge in [-0.1, -0.05) is 17.7 Å². The van der Waals surface area contributed by atoms with Crippen LogP contribution in [0, 0.1) is 19.7 Å². The normalized spacial score (nSPS) is 13.7. The van der Waals surface area contributed by atoms with Gasteiger partial charge in [-0.05, 0) is 55.3 Å². The first kappa shape index (κ1) is 18.5. The molecular weight excluding hydrogens is 373 g/mol. The highest BCUT2D eigenvalue weighted by atomic mass is 35.5. The van der Waals surface area contributed by atoms with Crippen molar-refractivity contribution in [2.75, 3.05) is 11.1 Å². The highest BCUT2D eigenvalue weighted by Gasteiger charge is 2.17. The Bertz CT molecular complexity index is 927. The monoisotopic (exact) mass is 389 g/mol. The van der Waals surface area contributed by atoms with Crippen LogP contribution >= 0.6 is 23.4 Å². The summed E-state index contributed by atoms with van der Waals surface area (Å²) in [6.45, 7) is 3.99. The summed E-state index contributed by atoms with van der Waals surface area (Å²) in [5.41, 5.74) is 6.71. The minimum atomic E-state index is -0.448. The van der Waals surface area contributed by atoms with Gasteiger partial charge in [-0.3, -0.25) is 0 Å². The van der Waals surface area contributed by atoms with Gasteiger partial charge < -0.3 is 5.32 Å². The van der Waals surface area contributed by atoms with Crippen LogP contribution in [0.3, 0.4) is 0 Å². The molecule has 2 aromatic carbocycles. The van der Waals surface area contributed by atoms with E-state index in [2.05, 4.69) is 15.8 Å². The van der Waals surface area contributed by atoms with E-state index >= 15 is 0 Å². The van der Waals surface area contributed by atoms with Gasteiger partial charge in [0, 0.05) is 27.5 Å². The van der Waals surface area contributed by atoms with Crippen molar-refractivity contribution in [1.82, 2.24) is 5.43 Å². The molecule has 1 heterocycles. The van der Waals surface area contributed by atoms with Gasteiger partial charge in [0.05, 0.1) is 11.2 Å². The number of amides is 2. The lowest BCUT2D eigenvalue weighted by Gasteiger charge is -2.16. The van der Waals surface area contributed by atoms with Gasteiger partial charge >= 0.3 is 6.03 Å². The van der Waals surface area contributed by atoms with Crippen LogP contribution in [0.1, 0.15) is 16.7 Å². The van der Waals surface area contributed by atoms with Crippen molar-refractivity contribution in [3.8, 4) is 0 Å². The van der Waals surface area contributed by atoms with Crippen molar-refractivity contribution in [2.45, 2.75) is 18.7 Å². The van der Waals surface area contributed by atoms with E-state index < -0.39 is 6.03 Å². The van der Waals surface area contributed by atoms with Gasteiger partial charge in [0.25, 0.3) is 0 Å². The Balaban J connectivity index is 1.65. The number of aryl methyl sites for hydroxylation is 2. The number of anilines is 1. The van der Waals surface area contributed by atoms with E-state index in [0.717, 1.165) is 21.6 Å². The minimum absolute atomic E-state index is 0.341. The number of carbonyl (C=O) groups excluding carboxylic acids is 1. The average molecular weight is 390 g/mol. The van der Waals surface area contributed by atoms with Crippen molar-refractivity contribution in [2.24, 2.45) is 5.10 Å². The molecule has 0 spiro atoms. The lowest BCUT2D eigenvalue weighted by Crippen LogP contribution is -2.24. The zero-order valence-electron chi connectivity index (χ0n) is 14.3. The van der Waals surface area contributed by atoms with Crippen LogP contribution in [0.4, 0.5) is 14.9 Å². The van der Waals surface area contributed by atoms with Gasteiger partial charge in [-0.2, -0.15) is 5.10 Å². The van der Waals surface area contributed by atoms with Crippen molar-refractivity contribution in [3.63, 3.8) is 0 Å². The van der Waals surface area contributed by atoms with Gasteiger partial charge in [-0.15, -0.1) is 11.8 Å². The van der Waals surface area contributed by atoms with E-state index in [9.17, 15) is 9.18 Å². The second-order valence-electron chi connectivity index (χ2n) is 5.89. The molecule has 0 unspecified atom stereocenters. The second kappa shape index (κ2) is 7.93. The number of nitrogens with zero attached hydrogens (tertiary/aromatic N) is 1. The molecule has 3 rings (SSSR count). The van der Waals surface area contributed by atoms with Crippen molar-refractivity contribution >= 4 is 46.3 Å². The summed E-state index contributed by atoms with van der Waals surface area (Å²) in [7, 11) is 0. The maximum Gasteiger partial charge on any atom is 0.339 e. The molecule has 0 bridgehead atoms. The number of hydrazone groups is 1. The van der Waals surface area contributed by atoms with Crippen molar-refractivity contribution in [1.29, 1.82) is 0 Å². The minimum Gasteiger partial charge on any atom is -0.307 e. The number of thioether (sulfide) groups is 1. The summed E-state index contributed by atoms with van der Waals surface area (Å²) in [4.78, 5) is 12.9. The standard InChI is InChI=1S/C19H17ClFN3OS/c1-11-3-5-15(7-12(11)2)23-19(25)24-22-9-13-10-26-17-6-4-14(21)8-16(17)18(13)20/h3-9H,10H2,1-2H3,(H2,23,24,25)/b22-9+. The molecule has 0 radical (unpaired) electrons. The number of nitrogens with one attached hydrogen (secondary N) is 2. The van der Waals surface area contributed by atoms with Crippen LogP contribution in [-0.2, 0) is 0 Å². The maximum atomic E-state index is 13.4. The number of benzene rings is 2. The predicted molar refractivity (Wildman–Crippen MR) is 106 cm³/mol. The molecule has 2 N–H and O–H groups in total. The number of fused-ring (bicyclic) bond motifs is 1. The average Bonchev–Trinajstić information content (AvgIpc) is 2.60. The van der Waals surface area contributed by atoms with Gasteiger partial charge in [0.15, 0.2) is 0 Å².